The van der Waals surface area contributed by atoms with Crippen LogP contribution in [0.2, 0.25) is 5.02 Å². The van der Waals surface area contributed by atoms with Gasteiger partial charge in [-0.1, -0.05) is 11.6 Å². The highest BCUT2D eigenvalue weighted by atomic mass is 35.5. The smallest absolute Gasteiger partial charge is 0.244 e. The van der Waals surface area contributed by atoms with E-state index in [0.29, 0.717) is 24.7 Å². The molecule has 0 aromatic carbocycles. The van der Waals surface area contributed by atoms with Crippen molar-refractivity contribution in [3.63, 3.8) is 0 Å². The molecule has 0 spiro atoms. The summed E-state index contributed by atoms with van der Waals surface area (Å²) in [5.41, 5.74) is 0.975. The first-order chi connectivity index (χ1) is 10.1. The third-order valence-corrected chi connectivity index (χ3v) is 3.54. The van der Waals surface area contributed by atoms with Crippen LogP contribution in [0.25, 0.3) is 0 Å². The van der Waals surface area contributed by atoms with E-state index in [1.165, 1.54) is 10.9 Å². The van der Waals surface area contributed by atoms with Crippen LogP contribution in [0.5, 0.6) is 0 Å². The van der Waals surface area contributed by atoms with Gasteiger partial charge >= 0.3 is 0 Å². The average Bonchev–Trinajstić information content (AvgIpc) is 3.08. The van der Waals surface area contributed by atoms with Gasteiger partial charge in [0.1, 0.15) is 18.5 Å². The van der Waals surface area contributed by atoms with Crippen LogP contribution in [0.1, 0.15) is 17.6 Å². The fourth-order valence-electron chi connectivity index (χ4n) is 2.30. The number of hydrogen-bond acceptors (Lipinski definition) is 4. The number of nitrogens with one attached hydrogen (secondary N) is 1. The van der Waals surface area contributed by atoms with Crippen LogP contribution in [-0.4, -0.2) is 50.3 Å². The van der Waals surface area contributed by atoms with Gasteiger partial charge < -0.3 is 14.6 Å². The summed E-state index contributed by atoms with van der Waals surface area (Å²) in [6, 6.07) is 0. The predicted octanol–water partition coefficient (Wildman–Crippen LogP) is 1.17. The second-order valence-electron chi connectivity index (χ2n) is 5.01. The molecule has 8 heteroatoms. The molecule has 21 heavy (non-hydrogen) atoms. The Balaban J connectivity index is 1.64. The maximum absolute atomic E-state index is 12.3. The van der Waals surface area contributed by atoms with Gasteiger partial charge in [-0.15, -0.1) is 0 Å². The van der Waals surface area contributed by atoms with Crippen LogP contribution in [0.3, 0.4) is 0 Å². The summed E-state index contributed by atoms with van der Waals surface area (Å²) in [6.45, 7) is 3.67. The highest BCUT2D eigenvalue weighted by Crippen LogP contribution is 2.20. The first-order valence-corrected chi connectivity index (χ1v) is 7.08. The van der Waals surface area contributed by atoms with Gasteiger partial charge in [-0.3, -0.25) is 9.48 Å². The number of amides is 1. The van der Waals surface area contributed by atoms with E-state index in [2.05, 4.69) is 15.1 Å². The Hall–Kier alpha value is -1.86. The average molecular weight is 310 g/mol. The third-order valence-electron chi connectivity index (χ3n) is 3.35. The van der Waals surface area contributed by atoms with Crippen LogP contribution in [0.15, 0.2) is 18.6 Å². The fraction of sp³-hybridized carbons (Fsp3) is 0.462. The number of carbonyl (C=O) groups excluding carboxylic acids is 1. The minimum atomic E-state index is -0.211. The van der Waals surface area contributed by atoms with Gasteiger partial charge in [0, 0.05) is 24.6 Å². The normalized spacial score (nSPS) is 19.0. The number of nitrogens with zero attached hydrogens (tertiary/aromatic N) is 4. The van der Waals surface area contributed by atoms with Crippen LogP contribution in [-0.2, 0) is 16.1 Å². The van der Waals surface area contributed by atoms with E-state index >= 15 is 0 Å². The van der Waals surface area contributed by atoms with Gasteiger partial charge in [-0.2, -0.15) is 5.10 Å². The summed E-state index contributed by atoms with van der Waals surface area (Å²) in [6.07, 6.45) is 4.69. The Morgan fingerprint density at radius 1 is 1.57 bits per heavy atom. The molecule has 0 unspecified atom stereocenters. The molecule has 0 saturated carbocycles. The van der Waals surface area contributed by atoms with Gasteiger partial charge in [0.15, 0.2) is 0 Å². The van der Waals surface area contributed by atoms with Crippen molar-refractivity contribution >= 4 is 17.5 Å². The lowest BCUT2D eigenvalue weighted by molar-refractivity contribution is -0.140. The number of aryl methyl sites for hydroxylation is 1. The number of aromatic amines is 1. The van der Waals surface area contributed by atoms with Crippen molar-refractivity contribution < 1.29 is 9.53 Å². The number of rotatable bonds is 3. The molecule has 0 bridgehead atoms. The molecule has 1 fully saturated rings. The standard InChI is InChI=1S/C13H16ClN5O2/c1-9-4-15-13(17-9)11-7-18(2-3-21-11)12(20)8-19-6-10(14)5-16-19/h4-6,11H,2-3,7-8H2,1H3,(H,15,17)/t11-/m0/s1. The molecule has 1 amide bonds. The second-order valence-corrected chi connectivity index (χ2v) is 5.44. The monoisotopic (exact) mass is 309 g/mol. The number of ether oxygens (including phenoxy) is 1. The molecule has 1 atom stereocenters. The molecule has 7 nitrogen and oxygen atoms in total. The summed E-state index contributed by atoms with van der Waals surface area (Å²) in [7, 11) is 0. The molecule has 2 aromatic heterocycles. The molecule has 3 rings (SSSR count). The largest absolute Gasteiger partial charge is 0.367 e. The number of halogens is 1. The number of aromatic nitrogens is 4. The SMILES string of the molecule is Cc1cnc([C@@H]2CN(C(=O)Cn3cc(Cl)cn3)CCO2)[nH]1. The summed E-state index contributed by atoms with van der Waals surface area (Å²) >= 11 is 5.79. The molecular weight excluding hydrogens is 294 g/mol. The van der Waals surface area contributed by atoms with E-state index in [1.54, 1.807) is 17.3 Å². The highest BCUT2D eigenvalue weighted by molar-refractivity contribution is 6.30. The minimum Gasteiger partial charge on any atom is -0.367 e. The Kier molecular flexibility index (Phi) is 3.94. The first-order valence-electron chi connectivity index (χ1n) is 6.70. The lowest BCUT2D eigenvalue weighted by Crippen LogP contribution is -2.44. The van der Waals surface area contributed by atoms with Gasteiger partial charge in [-0.25, -0.2) is 4.98 Å². The molecule has 2 aromatic rings. The fourth-order valence-corrected chi connectivity index (χ4v) is 2.46. The number of imidazole rings is 1. The summed E-state index contributed by atoms with van der Waals surface area (Å²) in [5, 5.41) is 4.54. The molecule has 0 aliphatic carbocycles. The maximum Gasteiger partial charge on any atom is 0.244 e. The first kappa shape index (κ1) is 14.1. The Morgan fingerprint density at radius 2 is 2.43 bits per heavy atom. The van der Waals surface area contributed by atoms with Gasteiger partial charge in [-0.05, 0) is 6.92 Å². The van der Waals surface area contributed by atoms with E-state index < -0.39 is 0 Å². The van der Waals surface area contributed by atoms with Crippen LogP contribution in [0, 0.1) is 6.92 Å². The van der Waals surface area contributed by atoms with E-state index in [0.717, 1.165) is 11.5 Å². The number of carbonyl (C=O) groups is 1. The second kappa shape index (κ2) is 5.87. The Bertz CT molecular complexity index is 638. The molecule has 1 aliphatic heterocycles. The van der Waals surface area contributed by atoms with Gasteiger partial charge in [0.2, 0.25) is 5.91 Å². The van der Waals surface area contributed by atoms with Crippen LogP contribution < -0.4 is 0 Å². The number of morpholine rings is 1. The highest BCUT2D eigenvalue weighted by Gasteiger charge is 2.27. The molecule has 3 heterocycles. The number of hydrogen-bond donors (Lipinski definition) is 1. The molecule has 1 N–H and O–H groups in total. The van der Waals surface area contributed by atoms with Crippen molar-refractivity contribution in [3.8, 4) is 0 Å². The van der Waals surface area contributed by atoms with Crippen molar-refractivity contribution in [1.29, 1.82) is 0 Å². The summed E-state index contributed by atoms with van der Waals surface area (Å²) in [4.78, 5) is 21.5. The molecular formula is C13H16ClN5O2. The van der Waals surface area contributed by atoms with E-state index in [-0.39, 0.29) is 18.6 Å². The molecule has 112 valence electrons. The van der Waals surface area contributed by atoms with Crippen LogP contribution in [0.4, 0.5) is 0 Å². The number of H-pyrrole nitrogens is 1. The van der Waals surface area contributed by atoms with Gasteiger partial charge in [0.25, 0.3) is 0 Å². The van der Waals surface area contributed by atoms with Crippen molar-refractivity contribution in [1.82, 2.24) is 24.6 Å². The third kappa shape index (κ3) is 3.25. The molecule has 0 radical (unpaired) electrons. The van der Waals surface area contributed by atoms with E-state index in [1.807, 2.05) is 6.92 Å². The predicted molar refractivity (Wildman–Crippen MR) is 75.8 cm³/mol. The van der Waals surface area contributed by atoms with Gasteiger partial charge in [0.05, 0.1) is 24.4 Å². The minimum absolute atomic E-state index is 0.00801. The van der Waals surface area contributed by atoms with Crippen molar-refractivity contribution in [2.24, 2.45) is 0 Å². The summed E-state index contributed by atoms with van der Waals surface area (Å²) in [5.74, 6) is 0.749. The van der Waals surface area contributed by atoms with Crippen molar-refractivity contribution in [3.05, 3.63) is 35.1 Å². The quantitative estimate of drug-likeness (QED) is 0.923. The van der Waals surface area contributed by atoms with E-state index in [9.17, 15) is 4.79 Å². The lowest BCUT2D eigenvalue weighted by Gasteiger charge is -2.32. The maximum atomic E-state index is 12.3. The Morgan fingerprint density at radius 3 is 3.10 bits per heavy atom. The zero-order valence-electron chi connectivity index (χ0n) is 11.6. The van der Waals surface area contributed by atoms with Crippen molar-refractivity contribution in [2.45, 2.75) is 19.6 Å². The van der Waals surface area contributed by atoms with Crippen LogP contribution >= 0.6 is 11.6 Å². The summed E-state index contributed by atoms with van der Waals surface area (Å²) < 4.78 is 7.21. The zero-order chi connectivity index (χ0) is 14.8. The Labute approximate surface area is 126 Å². The zero-order valence-corrected chi connectivity index (χ0v) is 12.4. The topological polar surface area (TPSA) is 76.0 Å². The lowest BCUT2D eigenvalue weighted by atomic mass is 10.2. The van der Waals surface area contributed by atoms with Crippen molar-refractivity contribution in [2.75, 3.05) is 19.7 Å². The molecule has 1 saturated heterocycles. The molecule has 1 aliphatic rings. The van der Waals surface area contributed by atoms with E-state index in [4.69, 9.17) is 16.3 Å².